The molecule has 0 aromatic rings. The van der Waals surface area contributed by atoms with Gasteiger partial charge >= 0.3 is 0 Å². The molecule has 13 heteroatoms. The van der Waals surface area contributed by atoms with E-state index in [2.05, 4.69) is 4.83 Å². The van der Waals surface area contributed by atoms with Crippen molar-refractivity contribution >= 4 is 10.3 Å². The summed E-state index contributed by atoms with van der Waals surface area (Å²) in [5.74, 6) is -3.55. The summed E-state index contributed by atoms with van der Waals surface area (Å²) in [7, 11) is -2.51. The predicted octanol–water partition coefficient (Wildman–Crippen LogP) is 1.20. The number of ether oxygens (including phenoxy) is 6. The lowest BCUT2D eigenvalue weighted by molar-refractivity contribution is -0.271. The van der Waals surface area contributed by atoms with Crippen molar-refractivity contribution in [1.82, 2.24) is 9.91 Å². The van der Waals surface area contributed by atoms with Crippen molar-refractivity contribution in [2.24, 2.45) is 0 Å². The van der Waals surface area contributed by atoms with Gasteiger partial charge in [-0.05, 0) is 40.5 Å². The third-order valence-electron chi connectivity index (χ3n) is 6.50. The van der Waals surface area contributed by atoms with Crippen LogP contribution in [0.2, 0.25) is 0 Å². The van der Waals surface area contributed by atoms with E-state index in [0.29, 0.717) is 38.4 Å². The van der Waals surface area contributed by atoms with E-state index in [9.17, 15) is 8.42 Å². The van der Waals surface area contributed by atoms with Crippen molar-refractivity contribution in [2.45, 2.75) is 76.2 Å². The van der Waals surface area contributed by atoms with E-state index in [4.69, 9.17) is 32.6 Å². The first-order valence-corrected chi connectivity index (χ1v) is 13.1. The van der Waals surface area contributed by atoms with Crippen LogP contribution in [0.3, 0.4) is 0 Å². The lowest BCUT2D eigenvalue weighted by Crippen LogP contribution is -2.60. The average Bonchev–Trinajstić information content (AvgIpc) is 3.38. The lowest BCUT2D eigenvalue weighted by atomic mass is 9.94. The molecule has 0 N–H and O–H groups in total. The first kappa shape index (κ1) is 24.7. The van der Waals surface area contributed by atoms with Crippen molar-refractivity contribution in [3.63, 3.8) is 0 Å². The van der Waals surface area contributed by atoms with Crippen LogP contribution in [0.4, 0.5) is 0 Å². The summed E-state index contributed by atoms with van der Waals surface area (Å²) < 4.78 is 68.5. The Hall–Kier alpha value is -1.03. The van der Waals surface area contributed by atoms with E-state index in [1.165, 1.54) is 5.01 Å². The van der Waals surface area contributed by atoms with Gasteiger partial charge in [0.05, 0.1) is 25.5 Å². The summed E-state index contributed by atoms with van der Waals surface area (Å²) in [5, 5.41) is 1.43. The SMILES string of the molecule is CN1CCCC1=C(OS(=O)(=O)[N-]N1CCOCC1)[C@@]12OC[C@H]3OC(C)(C)O[C@H]3[C@@H]1OC(C)(C)O2. The Morgan fingerprint density at radius 3 is 2.47 bits per heavy atom. The molecule has 0 bridgehead atoms. The zero-order chi connectivity index (χ0) is 24.4. The monoisotopic (exact) mass is 504 g/mol. The molecule has 4 atom stereocenters. The number of fused-ring (bicyclic) bond motifs is 3. The molecule has 34 heavy (non-hydrogen) atoms. The molecular weight excluding hydrogens is 470 g/mol. The summed E-state index contributed by atoms with van der Waals surface area (Å²) >= 11 is 0. The molecule has 5 rings (SSSR count). The van der Waals surface area contributed by atoms with Crippen LogP contribution in [0, 0.1) is 0 Å². The second-order valence-electron chi connectivity index (χ2n) is 10.1. The van der Waals surface area contributed by atoms with E-state index in [1.54, 1.807) is 13.8 Å². The van der Waals surface area contributed by atoms with Gasteiger partial charge < -0.3 is 47.3 Å². The maximum Gasteiger partial charge on any atom is 0.263 e. The fourth-order valence-electron chi connectivity index (χ4n) is 5.22. The Bertz CT molecular complexity index is 934. The summed E-state index contributed by atoms with van der Waals surface area (Å²) in [4.78, 5) is 5.83. The normalized spacial score (nSPS) is 39.1. The highest BCUT2D eigenvalue weighted by Gasteiger charge is 2.68. The minimum absolute atomic E-state index is 0.0341. The number of morpholine rings is 1. The van der Waals surface area contributed by atoms with Gasteiger partial charge in [0.1, 0.15) is 12.2 Å². The lowest BCUT2D eigenvalue weighted by Gasteiger charge is -2.44. The molecule has 194 valence electrons. The van der Waals surface area contributed by atoms with Crippen molar-refractivity contribution in [3.8, 4) is 0 Å². The van der Waals surface area contributed by atoms with Gasteiger partial charge in [-0.2, -0.15) is 0 Å². The molecule has 5 aliphatic rings. The molecule has 0 saturated carbocycles. The molecule has 0 aliphatic carbocycles. The Kier molecular flexibility index (Phi) is 6.18. The molecule has 0 aromatic carbocycles. The van der Waals surface area contributed by atoms with Crippen LogP contribution < -0.4 is 0 Å². The Morgan fingerprint density at radius 1 is 1.06 bits per heavy atom. The molecule has 0 radical (unpaired) electrons. The third kappa shape index (κ3) is 4.58. The van der Waals surface area contributed by atoms with Gasteiger partial charge in [-0.1, -0.05) is 0 Å². The maximum atomic E-state index is 13.2. The van der Waals surface area contributed by atoms with Gasteiger partial charge in [0.2, 0.25) is 10.3 Å². The third-order valence-corrected chi connectivity index (χ3v) is 7.31. The van der Waals surface area contributed by atoms with E-state index < -0.39 is 46.0 Å². The highest BCUT2D eigenvalue weighted by atomic mass is 32.2. The molecular formula is C21H34N3O9S-. The van der Waals surface area contributed by atoms with Crippen molar-refractivity contribution in [2.75, 3.05) is 46.5 Å². The number of hydrogen-bond donors (Lipinski definition) is 0. The number of hydrogen-bond acceptors (Lipinski definition) is 11. The zero-order valence-electron chi connectivity index (χ0n) is 20.3. The van der Waals surface area contributed by atoms with Gasteiger partial charge in [0.15, 0.2) is 23.4 Å². The topological polar surface area (TPSA) is 119 Å². The largest absolute Gasteiger partial charge is 0.446 e. The second kappa shape index (κ2) is 8.53. The molecule has 5 heterocycles. The number of nitrogens with zero attached hydrogens (tertiary/aromatic N) is 3. The minimum Gasteiger partial charge on any atom is -0.446 e. The summed E-state index contributed by atoms with van der Waals surface area (Å²) in [6, 6.07) is 0. The fraction of sp³-hybridized carbons (Fsp3) is 0.905. The van der Waals surface area contributed by atoms with Crippen LogP contribution in [-0.4, -0.2) is 101 Å². The number of rotatable bonds is 5. The van der Waals surface area contributed by atoms with Crippen LogP contribution in [0.25, 0.3) is 4.83 Å². The van der Waals surface area contributed by atoms with E-state index in [-0.39, 0.29) is 12.4 Å². The van der Waals surface area contributed by atoms with Crippen molar-refractivity contribution in [3.05, 3.63) is 16.3 Å². The molecule has 5 saturated heterocycles. The Balaban J connectivity index is 1.53. The summed E-state index contributed by atoms with van der Waals surface area (Å²) in [5.41, 5.74) is 0.670. The predicted molar refractivity (Wildman–Crippen MR) is 117 cm³/mol. The Morgan fingerprint density at radius 2 is 1.79 bits per heavy atom. The Labute approximate surface area is 200 Å². The molecule has 0 amide bonds. The maximum absolute atomic E-state index is 13.2. The van der Waals surface area contributed by atoms with Crippen LogP contribution in [0.15, 0.2) is 11.5 Å². The first-order valence-electron chi connectivity index (χ1n) is 11.7. The molecule has 5 fully saturated rings. The summed E-state index contributed by atoms with van der Waals surface area (Å²) in [6.07, 6.45) is -0.332. The van der Waals surface area contributed by atoms with E-state index >= 15 is 0 Å². The quantitative estimate of drug-likeness (QED) is 0.503. The second-order valence-corrected chi connectivity index (χ2v) is 11.3. The van der Waals surface area contributed by atoms with Gasteiger partial charge in [-0.25, -0.2) is 8.42 Å². The van der Waals surface area contributed by atoms with Gasteiger partial charge in [0, 0.05) is 26.7 Å². The minimum atomic E-state index is -4.39. The highest BCUT2D eigenvalue weighted by molar-refractivity contribution is 7.89. The van der Waals surface area contributed by atoms with Gasteiger partial charge in [-0.3, -0.25) is 0 Å². The average molecular weight is 505 g/mol. The van der Waals surface area contributed by atoms with Crippen molar-refractivity contribution < 1.29 is 41.0 Å². The van der Waals surface area contributed by atoms with E-state index in [0.717, 1.165) is 13.0 Å². The molecule has 0 unspecified atom stereocenters. The molecule has 0 aromatic heterocycles. The van der Waals surface area contributed by atoms with Crippen LogP contribution in [-0.2, 0) is 42.9 Å². The van der Waals surface area contributed by atoms with Crippen LogP contribution >= 0.6 is 0 Å². The summed E-state index contributed by atoms with van der Waals surface area (Å²) in [6.45, 7) is 9.50. The smallest absolute Gasteiger partial charge is 0.263 e. The molecule has 12 nitrogen and oxygen atoms in total. The van der Waals surface area contributed by atoms with Crippen LogP contribution in [0.5, 0.6) is 0 Å². The standard InChI is InChI=1S/C21H34N3O9S/c1-19(2)29-15-13-28-21(18(16(15)30-19)31-20(3,4)33-21)17(14-7-6-8-23(14)5)32-34(25,26)22-24-9-11-27-12-10-24/h15-16,18H,6-13H2,1-5H3/q-1/t15-,16-,18+,21+/m1/s1. The number of allylic oxidation sites excluding steroid dienone is 1. The number of likely N-dealkylation sites (tertiary alicyclic amines) is 1. The van der Waals surface area contributed by atoms with Crippen molar-refractivity contribution in [1.29, 1.82) is 0 Å². The first-order chi connectivity index (χ1) is 15.9. The van der Waals surface area contributed by atoms with Gasteiger partial charge in [-0.15, -0.1) is 0 Å². The fourth-order valence-corrected chi connectivity index (χ4v) is 6.13. The van der Waals surface area contributed by atoms with Crippen LogP contribution in [0.1, 0.15) is 40.5 Å². The molecule has 0 spiro atoms. The molecule has 5 aliphatic heterocycles. The highest BCUT2D eigenvalue weighted by Crippen LogP contribution is 2.52. The van der Waals surface area contributed by atoms with Gasteiger partial charge in [0.25, 0.3) is 5.79 Å². The van der Waals surface area contributed by atoms with E-state index in [1.807, 2.05) is 25.8 Å². The zero-order valence-corrected chi connectivity index (χ0v) is 21.1.